The van der Waals surface area contributed by atoms with Crippen molar-refractivity contribution in [1.29, 1.82) is 0 Å². The second kappa shape index (κ2) is 7.45. The molecule has 1 amide bonds. The van der Waals surface area contributed by atoms with Gasteiger partial charge in [0.25, 0.3) is 5.91 Å². The quantitative estimate of drug-likeness (QED) is 0.564. The number of hydrogen-bond acceptors (Lipinski definition) is 3. The summed E-state index contributed by atoms with van der Waals surface area (Å²) in [6, 6.07) is 17.6. The van der Waals surface area contributed by atoms with Gasteiger partial charge in [0.15, 0.2) is 0 Å². The van der Waals surface area contributed by atoms with Gasteiger partial charge in [0, 0.05) is 6.04 Å². The lowest BCUT2D eigenvalue weighted by molar-refractivity contribution is 0.0939. The van der Waals surface area contributed by atoms with Gasteiger partial charge in [-0.3, -0.25) is 10.6 Å². The summed E-state index contributed by atoms with van der Waals surface area (Å²) in [6.45, 7) is 2.01. The molecule has 0 aliphatic heterocycles. The summed E-state index contributed by atoms with van der Waals surface area (Å²) < 4.78 is 0. The summed E-state index contributed by atoms with van der Waals surface area (Å²) in [5, 5.41) is 3.01. The fourth-order valence-electron chi connectivity index (χ4n) is 2.21. The molecule has 0 fully saturated rings. The molecule has 2 rings (SSSR count). The molecule has 0 aliphatic rings. The number of anilines is 1. The van der Waals surface area contributed by atoms with Crippen LogP contribution in [0.15, 0.2) is 54.6 Å². The molecule has 4 nitrogen and oxygen atoms in total. The third-order valence-corrected chi connectivity index (χ3v) is 3.41. The van der Waals surface area contributed by atoms with Gasteiger partial charge in [-0.05, 0) is 37.5 Å². The van der Waals surface area contributed by atoms with Gasteiger partial charge in [0.1, 0.15) is 0 Å². The van der Waals surface area contributed by atoms with Gasteiger partial charge >= 0.3 is 0 Å². The highest BCUT2D eigenvalue weighted by atomic mass is 16.1. The van der Waals surface area contributed by atoms with E-state index in [9.17, 15) is 4.79 Å². The smallest absolute Gasteiger partial charge is 0.253 e. The van der Waals surface area contributed by atoms with Crippen LogP contribution >= 0.6 is 0 Å². The van der Waals surface area contributed by atoms with Crippen LogP contribution in [-0.2, 0) is 6.42 Å². The number of carbonyl (C=O) groups is 1. The minimum absolute atomic E-state index is 0.100. The molecular weight excluding hydrogens is 262 g/mol. The molecule has 2 aromatic carbocycles. The molecular formula is C17H21N3O. The van der Waals surface area contributed by atoms with Crippen molar-refractivity contribution < 1.29 is 4.79 Å². The topological polar surface area (TPSA) is 67.2 Å². The van der Waals surface area contributed by atoms with E-state index in [4.69, 9.17) is 5.84 Å². The first-order chi connectivity index (χ1) is 10.2. The van der Waals surface area contributed by atoms with Gasteiger partial charge in [0.05, 0.1) is 11.3 Å². The van der Waals surface area contributed by atoms with Crippen LogP contribution in [0.4, 0.5) is 5.69 Å². The molecule has 110 valence electrons. The van der Waals surface area contributed by atoms with E-state index < -0.39 is 0 Å². The minimum Gasteiger partial charge on any atom is -0.350 e. The second-order valence-corrected chi connectivity index (χ2v) is 5.09. The molecule has 4 N–H and O–H groups in total. The van der Waals surface area contributed by atoms with Crippen molar-refractivity contribution >= 4 is 11.6 Å². The lowest BCUT2D eigenvalue weighted by atomic mass is 10.1. The molecule has 4 heteroatoms. The molecule has 1 unspecified atom stereocenters. The van der Waals surface area contributed by atoms with Gasteiger partial charge in [0.2, 0.25) is 0 Å². The Balaban J connectivity index is 1.90. The van der Waals surface area contributed by atoms with Crippen molar-refractivity contribution in [2.75, 3.05) is 5.43 Å². The fourth-order valence-corrected chi connectivity index (χ4v) is 2.21. The van der Waals surface area contributed by atoms with Crippen LogP contribution in [0.5, 0.6) is 0 Å². The number of nitrogen functional groups attached to an aromatic ring is 1. The Morgan fingerprint density at radius 2 is 1.76 bits per heavy atom. The molecule has 1 atom stereocenters. The van der Waals surface area contributed by atoms with Crippen LogP contribution in [0.25, 0.3) is 0 Å². The van der Waals surface area contributed by atoms with E-state index >= 15 is 0 Å². The molecule has 0 saturated carbocycles. The summed E-state index contributed by atoms with van der Waals surface area (Å²) in [4.78, 5) is 12.2. The van der Waals surface area contributed by atoms with Crippen molar-refractivity contribution in [3.63, 3.8) is 0 Å². The van der Waals surface area contributed by atoms with E-state index in [0.29, 0.717) is 11.3 Å². The highest BCUT2D eigenvalue weighted by molar-refractivity contribution is 5.99. The number of para-hydroxylation sites is 1. The summed E-state index contributed by atoms with van der Waals surface area (Å²) in [5.74, 6) is 5.32. The molecule has 0 bridgehead atoms. The Kier molecular flexibility index (Phi) is 5.35. The zero-order chi connectivity index (χ0) is 15.1. The van der Waals surface area contributed by atoms with Crippen LogP contribution in [-0.4, -0.2) is 11.9 Å². The largest absolute Gasteiger partial charge is 0.350 e. The van der Waals surface area contributed by atoms with Crippen LogP contribution in [0.1, 0.15) is 29.3 Å². The number of nitrogens with one attached hydrogen (secondary N) is 2. The highest BCUT2D eigenvalue weighted by Crippen LogP contribution is 2.14. The molecule has 0 spiro atoms. The van der Waals surface area contributed by atoms with Crippen molar-refractivity contribution in [2.45, 2.75) is 25.8 Å². The lowest BCUT2D eigenvalue weighted by Crippen LogP contribution is -2.33. The number of hydrazine groups is 1. The molecule has 0 aromatic heterocycles. The predicted octanol–water partition coefficient (Wildman–Crippen LogP) is 2.72. The first kappa shape index (κ1) is 15.1. The molecule has 21 heavy (non-hydrogen) atoms. The van der Waals surface area contributed by atoms with Crippen LogP contribution < -0.4 is 16.6 Å². The molecule has 0 radical (unpaired) electrons. The maximum atomic E-state index is 12.2. The van der Waals surface area contributed by atoms with Gasteiger partial charge in [-0.1, -0.05) is 42.5 Å². The van der Waals surface area contributed by atoms with E-state index in [1.165, 1.54) is 5.56 Å². The number of carbonyl (C=O) groups excluding carboxylic acids is 1. The summed E-state index contributed by atoms with van der Waals surface area (Å²) in [7, 11) is 0. The first-order valence-electron chi connectivity index (χ1n) is 7.11. The van der Waals surface area contributed by atoms with Gasteiger partial charge in [-0.2, -0.15) is 0 Å². The van der Waals surface area contributed by atoms with Crippen molar-refractivity contribution in [2.24, 2.45) is 5.84 Å². The number of nitrogens with two attached hydrogens (primary N) is 1. The van der Waals surface area contributed by atoms with E-state index in [2.05, 4.69) is 22.9 Å². The standard InChI is InChI=1S/C17H21N3O/c1-13(11-12-14-7-3-2-4-8-14)19-17(21)15-9-5-6-10-16(15)20-18/h2-10,13,20H,11-12,18H2,1H3,(H,19,21). The maximum absolute atomic E-state index is 12.2. The van der Waals surface area contributed by atoms with E-state index in [1.807, 2.05) is 37.3 Å². The lowest BCUT2D eigenvalue weighted by Gasteiger charge is -2.15. The zero-order valence-electron chi connectivity index (χ0n) is 12.2. The van der Waals surface area contributed by atoms with Crippen molar-refractivity contribution in [3.8, 4) is 0 Å². The maximum Gasteiger partial charge on any atom is 0.253 e. The molecule has 2 aromatic rings. The Bertz CT molecular complexity index is 584. The van der Waals surface area contributed by atoms with E-state index in [1.54, 1.807) is 12.1 Å². The van der Waals surface area contributed by atoms with Crippen LogP contribution in [0.2, 0.25) is 0 Å². The van der Waals surface area contributed by atoms with Crippen LogP contribution in [0.3, 0.4) is 0 Å². The number of benzene rings is 2. The number of rotatable bonds is 6. The van der Waals surface area contributed by atoms with Gasteiger partial charge in [-0.15, -0.1) is 0 Å². The van der Waals surface area contributed by atoms with Gasteiger partial charge < -0.3 is 10.7 Å². The average Bonchev–Trinajstić information content (AvgIpc) is 2.53. The normalized spacial score (nSPS) is 11.7. The van der Waals surface area contributed by atoms with Gasteiger partial charge in [-0.25, -0.2) is 0 Å². The zero-order valence-corrected chi connectivity index (χ0v) is 12.2. The molecule has 0 saturated heterocycles. The molecule has 0 aliphatic carbocycles. The third kappa shape index (κ3) is 4.33. The van der Waals surface area contributed by atoms with Crippen molar-refractivity contribution in [1.82, 2.24) is 5.32 Å². The monoisotopic (exact) mass is 283 g/mol. The van der Waals surface area contributed by atoms with Crippen LogP contribution in [0, 0.1) is 0 Å². The SMILES string of the molecule is CC(CCc1ccccc1)NC(=O)c1ccccc1NN. The Labute approximate surface area is 125 Å². The second-order valence-electron chi connectivity index (χ2n) is 5.09. The average molecular weight is 283 g/mol. The number of aryl methyl sites for hydroxylation is 1. The number of hydrogen-bond donors (Lipinski definition) is 3. The van der Waals surface area contributed by atoms with E-state index in [0.717, 1.165) is 12.8 Å². The highest BCUT2D eigenvalue weighted by Gasteiger charge is 2.12. The first-order valence-corrected chi connectivity index (χ1v) is 7.11. The van der Waals surface area contributed by atoms with Crippen molar-refractivity contribution in [3.05, 3.63) is 65.7 Å². The Morgan fingerprint density at radius 3 is 2.48 bits per heavy atom. The predicted molar refractivity (Wildman–Crippen MR) is 85.9 cm³/mol. The summed E-state index contributed by atoms with van der Waals surface area (Å²) in [5.41, 5.74) is 5.02. The molecule has 0 heterocycles. The summed E-state index contributed by atoms with van der Waals surface area (Å²) >= 11 is 0. The number of amides is 1. The Hall–Kier alpha value is -2.33. The fraction of sp³-hybridized carbons (Fsp3) is 0.235. The van der Waals surface area contributed by atoms with E-state index in [-0.39, 0.29) is 11.9 Å². The third-order valence-electron chi connectivity index (χ3n) is 3.41. The Morgan fingerprint density at radius 1 is 1.10 bits per heavy atom. The minimum atomic E-state index is -0.107. The summed E-state index contributed by atoms with van der Waals surface area (Å²) in [6.07, 6.45) is 1.84.